The van der Waals surface area contributed by atoms with Gasteiger partial charge in [-0.3, -0.25) is 0 Å². The van der Waals surface area contributed by atoms with Crippen LogP contribution in [0.4, 0.5) is 0 Å². The fourth-order valence-electron chi connectivity index (χ4n) is 2.68. The third-order valence-electron chi connectivity index (χ3n) is 4.22. The van der Waals surface area contributed by atoms with Crippen LogP contribution in [0.1, 0.15) is 45.2 Å². The summed E-state index contributed by atoms with van der Waals surface area (Å²) in [6.07, 6.45) is 2.66. The Bertz CT molecular complexity index is 365. The van der Waals surface area contributed by atoms with Gasteiger partial charge in [0.2, 0.25) is 0 Å². The average Bonchev–Trinajstić information content (AvgIpc) is 2.32. The van der Waals surface area contributed by atoms with Gasteiger partial charge in [-0.2, -0.15) is 0 Å². The molecule has 2 nitrogen and oxygen atoms in total. The van der Waals surface area contributed by atoms with Gasteiger partial charge < -0.3 is 10.1 Å². The van der Waals surface area contributed by atoms with Crippen molar-refractivity contribution < 1.29 is 4.74 Å². The second kappa shape index (κ2) is 5.75. The Kier molecular flexibility index (Phi) is 4.28. The lowest BCUT2D eigenvalue weighted by atomic mass is 9.73. The van der Waals surface area contributed by atoms with Crippen molar-refractivity contribution in [2.75, 3.05) is 7.11 Å². The maximum Gasteiger partial charge on any atom is 0.118 e. The lowest BCUT2D eigenvalue weighted by Crippen LogP contribution is -2.43. The van der Waals surface area contributed by atoms with Crippen LogP contribution in [0.25, 0.3) is 0 Å². The quantitative estimate of drug-likeness (QED) is 0.855. The molecule has 1 aliphatic rings. The normalized spacial score (nSPS) is 24.7. The van der Waals surface area contributed by atoms with Crippen molar-refractivity contribution >= 4 is 0 Å². The summed E-state index contributed by atoms with van der Waals surface area (Å²) in [4.78, 5) is 0. The van der Waals surface area contributed by atoms with Gasteiger partial charge in [0.15, 0.2) is 0 Å². The summed E-state index contributed by atoms with van der Waals surface area (Å²) >= 11 is 0. The molecule has 0 aliphatic heterocycles. The first-order valence-electron chi connectivity index (χ1n) is 7.00. The molecule has 0 aromatic heterocycles. The third-order valence-corrected chi connectivity index (χ3v) is 4.22. The highest BCUT2D eigenvalue weighted by atomic mass is 16.5. The van der Waals surface area contributed by atoms with E-state index in [0.29, 0.717) is 12.1 Å². The van der Waals surface area contributed by atoms with Crippen LogP contribution >= 0.6 is 0 Å². The Morgan fingerprint density at radius 3 is 2.22 bits per heavy atom. The van der Waals surface area contributed by atoms with Gasteiger partial charge in [0.05, 0.1) is 7.11 Å². The van der Waals surface area contributed by atoms with Gasteiger partial charge in [0.25, 0.3) is 0 Å². The Balaban J connectivity index is 1.83. The van der Waals surface area contributed by atoms with E-state index in [2.05, 4.69) is 38.2 Å². The summed E-state index contributed by atoms with van der Waals surface area (Å²) in [5, 5.41) is 3.71. The van der Waals surface area contributed by atoms with Crippen LogP contribution < -0.4 is 10.1 Å². The largest absolute Gasteiger partial charge is 0.497 e. The van der Waals surface area contributed by atoms with Crippen LogP contribution in [-0.4, -0.2) is 13.2 Å². The van der Waals surface area contributed by atoms with Gasteiger partial charge in [0, 0.05) is 12.1 Å². The summed E-state index contributed by atoms with van der Waals surface area (Å²) < 4.78 is 5.18. The Hall–Kier alpha value is -1.02. The van der Waals surface area contributed by atoms with E-state index in [1.54, 1.807) is 7.11 Å². The second-order valence-electron chi connectivity index (χ2n) is 5.83. The van der Waals surface area contributed by atoms with Crippen molar-refractivity contribution in [1.29, 1.82) is 0 Å². The average molecular weight is 247 g/mol. The molecule has 1 aliphatic carbocycles. The second-order valence-corrected chi connectivity index (χ2v) is 5.83. The first kappa shape index (κ1) is 13.4. The smallest absolute Gasteiger partial charge is 0.118 e. The molecular weight excluding hydrogens is 222 g/mol. The van der Waals surface area contributed by atoms with Crippen LogP contribution in [0.2, 0.25) is 0 Å². The highest BCUT2D eigenvalue weighted by molar-refractivity contribution is 5.28. The summed E-state index contributed by atoms with van der Waals surface area (Å²) in [6, 6.07) is 9.49. The predicted octanol–water partition coefficient (Wildman–Crippen LogP) is 3.78. The van der Waals surface area contributed by atoms with Crippen LogP contribution in [0.5, 0.6) is 5.75 Å². The Labute approximate surface area is 111 Å². The molecule has 0 heterocycles. The molecule has 0 radical (unpaired) electrons. The van der Waals surface area contributed by atoms with Gasteiger partial charge in [-0.05, 0) is 49.3 Å². The van der Waals surface area contributed by atoms with Gasteiger partial charge >= 0.3 is 0 Å². The number of ether oxygens (including phenoxy) is 1. The molecule has 0 amide bonds. The van der Waals surface area contributed by atoms with Gasteiger partial charge in [-0.1, -0.05) is 26.0 Å². The van der Waals surface area contributed by atoms with Crippen LogP contribution in [-0.2, 0) is 0 Å². The zero-order valence-corrected chi connectivity index (χ0v) is 11.9. The lowest BCUT2D eigenvalue weighted by molar-refractivity contribution is 0.159. The maximum absolute atomic E-state index is 5.18. The van der Waals surface area contributed by atoms with Crippen LogP contribution in [0.3, 0.4) is 0 Å². The van der Waals surface area contributed by atoms with Crippen molar-refractivity contribution in [3.05, 3.63) is 29.8 Å². The van der Waals surface area contributed by atoms with E-state index in [1.165, 1.54) is 18.4 Å². The van der Waals surface area contributed by atoms with E-state index in [-0.39, 0.29) is 0 Å². The van der Waals surface area contributed by atoms with E-state index in [4.69, 9.17) is 4.74 Å². The third kappa shape index (κ3) is 3.05. The fourth-order valence-corrected chi connectivity index (χ4v) is 2.68. The molecule has 1 fully saturated rings. The van der Waals surface area contributed by atoms with Crippen LogP contribution in [0, 0.1) is 11.8 Å². The molecule has 1 aromatic rings. The first-order chi connectivity index (χ1) is 8.60. The van der Waals surface area contributed by atoms with Crippen molar-refractivity contribution in [2.24, 2.45) is 11.8 Å². The van der Waals surface area contributed by atoms with E-state index >= 15 is 0 Å². The van der Waals surface area contributed by atoms with E-state index in [1.807, 2.05) is 12.1 Å². The van der Waals surface area contributed by atoms with E-state index in [9.17, 15) is 0 Å². The number of rotatable bonds is 5. The molecule has 0 bridgehead atoms. The highest BCUT2D eigenvalue weighted by Crippen LogP contribution is 2.34. The summed E-state index contributed by atoms with van der Waals surface area (Å²) in [5.74, 6) is 2.68. The molecule has 0 unspecified atom stereocenters. The number of hydrogen-bond donors (Lipinski definition) is 1. The number of benzene rings is 1. The molecule has 0 spiro atoms. The minimum atomic E-state index is 0.425. The molecule has 1 atom stereocenters. The van der Waals surface area contributed by atoms with Crippen LogP contribution in [0.15, 0.2) is 24.3 Å². The van der Waals surface area contributed by atoms with E-state index in [0.717, 1.165) is 17.6 Å². The topological polar surface area (TPSA) is 21.3 Å². The van der Waals surface area contributed by atoms with Crippen molar-refractivity contribution in [1.82, 2.24) is 5.32 Å². The molecule has 2 heteroatoms. The van der Waals surface area contributed by atoms with Crippen molar-refractivity contribution in [3.63, 3.8) is 0 Å². The number of hydrogen-bond acceptors (Lipinski definition) is 2. The molecule has 1 N–H and O–H groups in total. The van der Waals surface area contributed by atoms with Gasteiger partial charge in [-0.15, -0.1) is 0 Å². The number of methoxy groups -OCH3 is 1. The fraction of sp³-hybridized carbons (Fsp3) is 0.625. The lowest BCUT2D eigenvalue weighted by Gasteiger charge is -2.40. The SMILES string of the molecule is COc1ccc([C@H](C)NC2CC(C(C)C)C2)cc1. The van der Waals surface area contributed by atoms with Gasteiger partial charge in [-0.25, -0.2) is 0 Å². The molecule has 2 rings (SSSR count). The van der Waals surface area contributed by atoms with Crippen molar-refractivity contribution in [2.45, 2.75) is 45.7 Å². The molecule has 0 saturated heterocycles. The highest BCUT2D eigenvalue weighted by Gasteiger charge is 2.31. The zero-order chi connectivity index (χ0) is 13.1. The van der Waals surface area contributed by atoms with Crippen molar-refractivity contribution in [3.8, 4) is 5.75 Å². The zero-order valence-electron chi connectivity index (χ0n) is 11.9. The molecular formula is C16H25NO. The minimum absolute atomic E-state index is 0.425. The molecule has 18 heavy (non-hydrogen) atoms. The summed E-state index contributed by atoms with van der Waals surface area (Å²) in [6.45, 7) is 6.89. The maximum atomic E-state index is 5.18. The summed E-state index contributed by atoms with van der Waals surface area (Å²) in [7, 11) is 1.71. The Morgan fingerprint density at radius 2 is 1.72 bits per heavy atom. The number of nitrogens with one attached hydrogen (secondary N) is 1. The van der Waals surface area contributed by atoms with Gasteiger partial charge in [0.1, 0.15) is 5.75 Å². The monoisotopic (exact) mass is 247 g/mol. The predicted molar refractivity (Wildman–Crippen MR) is 75.9 cm³/mol. The standard InChI is InChI=1S/C16H25NO/c1-11(2)14-9-15(10-14)17-12(3)13-5-7-16(18-4)8-6-13/h5-8,11-12,14-15,17H,9-10H2,1-4H3/t12-,14?,15?/m0/s1. The summed E-state index contributed by atoms with van der Waals surface area (Å²) in [5.41, 5.74) is 1.34. The first-order valence-corrected chi connectivity index (χ1v) is 7.00. The molecule has 1 aromatic carbocycles. The van der Waals surface area contributed by atoms with E-state index < -0.39 is 0 Å². The Morgan fingerprint density at radius 1 is 1.11 bits per heavy atom. The molecule has 100 valence electrons. The molecule has 1 saturated carbocycles. The minimum Gasteiger partial charge on any atom is -0.497 e.